The number of carbonyl (C=O) groups is 1. The van der Waals surface area contributed by atoms with E-state index in [4.69, 9.17) is 16.3 Å². The van der Waals surface area contributed by atoms with Crippen LogP contribution in [0.5, 0.6) is 5.75 Å². The van der Waals surface area contributed by atoms with Crippen molar-refractivity contribution in [2.75, 3.05) is 49.7 Å². The average Bonchev–Trinajstić information content (AvgIpc) is 3.15. The van der Waals surface area contributed by atoms with Crippen LogP contribution >= 0.6 is 18.7 Å². The van der Waals surface area contributed by atoms with Gasteiger partial charge in [-0.25, -0.2) is 0 Å². The Morgan fingerprint density at radius 1 is 1.31 bits per heavy atom. The third kappa shape index (κ3) is 4.27. The first-order valence-corrected chi connectivity index (χ1v) is 12.9. The number of aromatic amines is 1. The molecule has 0 unspecified atom stereocenters. The molecule has 170 valence electrons. The fourth-order valence-electron chi connectivity index (χ4n) is 3.86. The van der Waals surface area contributed by atoms with E-state index in [0.717, 1.165) is 10.7 Å². The van der Waals surface area contributed by atoms with Crippen LogP contribution < -0.4 is 20.7 Å². The largest absolute Gasteiger partial charge is 0.495 e. The maximum atomic E-state index is 13.5. The summed E-state index contributed by atoms with van der Waals surface area (Å²) < 4.78 is 19.1. The van der Waals surface area contributed by atoms with E-state index in [9.17, 15) is 9.36 Å². The van der Waals surface area contributed by atoms with E-state index < -0.39 is 7.14 Å². The lowest BCUT2D eigenvalue weighted by Gasteiger charge is -2.32. The van der Waals surface area contributed by atoms with E-state index in [2.05, 4.69) is 25.6 Å². The van der Waals surface area contributed by atoms with Crippen LogP contribution in [0.15, 0.2) is 24.4 Å². The highest BCUT2D eigenvalue weighted by Gasteiger charge is 2.32. The minimum Gasteiger partial charge on any atom is -0.495 e. The monoisotopic (exact) mass is 476 g/mol. The molecular formula is C21H26ClN6O3P. The van der Waals surface area contributed by atoms with E-state index in [-0.39, 0.29) is 5.91 Å². The second-order valence-electron chi connectivity index (χ2n) is 7.64. The minimum atomic E-state index is -2.59. The number of aromatic nitrogens is 3. The number of amides is 1. The van der Waals surface area contributed by atoms with Crippen LogP contribution in [0.1, 0.15) is 13.8 Å². The summed E-state index contributed by atoms with van der Waals surface area (Å²) in [7, 11) is -1.03. The van der Waals surface area contributed by atoms with Crippen molar-refractivity contribution in [2.24, 2.45) is 0 Å². The molecule has 1 amide bonds. The fourth-order valence-corrected chi connectivity index (χ4v) is 6.67. The maximum absolute atomic E-state index is 13.5. The Morgan fingerprint density at radius 3 is 2.72 bits per heavy atom. The molecule has 3 heterocycles. The Kier molecular flexibility index (Phi) is 6.31. The predicted molar refractivity (Wildman–Crippen MR) is 129 cm³/mol. The summed E-state index contributed by atoms with van der Waals surface area (Å²) in [5, 5.41) is 8.44. The summed E-state index contributed by atoms with van der Waals surface area (Å²) in [4.78, 5) is 25.5. The van der Waals surface area contributed by atoms with E-state index in [0.29, 0.717) is 65.8 Å². The van der Waals surface area contributed by atoms with Crippen molar-refractivity contribution in [3.63, 3.8) is 0 Å². The molecular weight excluding hydrogens is 451 g/mol. The first-order chi connectivity index (χ1) is 15.3. The molecule has 1 fully saturated rings. The lowest BCUT2D eigenvalue weighted by atomic mass is 10.3. The zero-order valence-electron chi connectivity index (χ0n) is 18.2. The normalized spacial score (nSPS) is 15.6. The number of halogens is 1. The number of carbonyl (C=O) groups excluding carboxylic acids is 1. The van der Waals surface area contributed by atoms with Crippen LogP contribution in [-0.4, -0.2) is 64.8 Å². The van der Waals surface area contributed by atoms with Crippen LogP contribution in [0, 0.1) is 0 Å². The van der Waals surface area contributed by atoms with Crippen molar-refractivity contribution >= 4 is 58.4 Å². The van der Waals surface area contributed by atoms with Crippen molar-refractivity contribution in [1.82, 2.24) is 19.9 Å². The molecule has 1 aliphatic heterocycles. The summed E-state index contributed by atoms with van der Waals surface area (Å²) in [6.07, 6.45) is 2.62. The van der Waals surface area contributed by atoms with Gasteiger partial charge in [-0.1, -0.05) is 11.6 Å². The Bertz CT molecular complexity index is 1200. The molecule has 1 aromatic carbocycles. The van der Waals surface area contributed by atoms with Gasteiger partial charge < -0.3 is 29.8 Å². The molecule has 11 heteroatoms. The van der Waals surface area contributed by atoms with E-state index in [1.54, 1.807) is 25.1 Å². The number of benzene rings is 1. The topological polar surface area (TPSA) is 112 Å². The van der Waals surface area contributed by atoms with Gasteiger partial charge in [-0.05, 0) is 25.1 Å². The lowest BCUT2D eigenvalue weighted by molar-refractivity contribution is -0.128. The van der Waals surface area contributed by atoms with Crippen LogP contribution in [0.2, 0.25) is 5.02 Å². The molecule has 2 aromatic heterocycles. The summed E-state index contributed by atoms with van der Waals surface area (Å²) in [5.41, 5.74) is 1.27. The summed E-state index contributed by atoms with van der Waals surface area (Å²) in [5.74, 6) is 1.57. The number of H-pyrrole nitrogens is 1. The van der Waals surface area contributed by atoms with Crippen LogP contribution in [0.3, 0.4) is 0 Å². The highest BCUT2D eigenvalue weighted by molar-refractivity contribution is 7.71. The van der Waals surface area contributed by atoms with E-state index in [1.807, 2.05) is 25.1 Å². The van der Waals surface area contributed by atoms with Gasteiger partial charge in [-0.3, -0.25) is 4.79 Å². The average molecular weight is 477 g/mol. The lowest BCUT2D eigenvalue weighted by Crippen LogP contribution is -2.39. The van der Waals surface area contributed by atoms with Crippen molar-refractivity contribution < 1.29 is 14.1 Å². The summed E-state index contributed by atoms with van der Waals surface area (Å²) >= 11 is 6.26. The van der Waals surface area contributed by atoms with Gasteiger partial charge in [-0.2, -0.15) is 9.97 Å². The molecule has 9 nitrogen and oxygen atoms in total. The van der Waals surface area contributed by atoms with Gasteiger partial charge in [0.2, 0.25) is 11.9 Å². The van der Waals surface area contributed by atoms with Gasteiger partial charge in [-0.15, -0.1) is 0 Å². The van der Waals surface area contributed by atoms with E-state index in [1.165, 1.54) is 0 Å². The van der Waals surface area contributed by atoms with Gasteiger partial charge in [0.25, 0.3) is 0 Å². The first-order valence-electron chi connectivity index (χ1n) is 10.4. The zero-order valence-corrected chi connectivity index (χ0v) is 19.9. The Labute approximate surface area is 191 Å². The number of hydrogen-bond acceptors (Lipinski definition) is 7. The Hall–Kier alpha value is -2.77. The summed E-state index contributed by atoms with van der Waals surface area (Å²) in [6.45, 7) is 5.22. The number of fused-ring (bicyclic) bond motifs is 1. The molecule has 3 N–H and O–H groups in total. The highest BCUT2D eigenvalue weighted by atomic mass is 35.5. The molecule has 0 atom stereocenters. The van der Waals surface area contributed by atoms with Crippen LogP contribution in [0.25, 0.3) is 11.0 Å². The highest BCUT2D eigenvalue weighted by Crippen LogP contribution is 2.47. The number of anilines is 3. The zero-order chi connectivity index (χ0) is 22.9. The summed E-state index contributed by atoms with van der Waals surface area (Å²) in [6, 6.07) is 5.49. The minimum absolute atomic E-state index is 0.0191. The molecule has 32 heavy (non-hydrogen) atoms. The van der Waals surface area contributed by atoms with Gasteiger partial charge in [0, 0.05) is 50.4 Å². The second kappa shape index (κ2) is 9.00. The van der Waals surface area contributed by atoms with Crippen LogP contribution in [0.4, 0.5) is 17.5 Å². The molecule has 0 spiro atoms. The van der Waals surface area contributed by atoms with Crippen molar-refractivity contribution in [3.8, 4) is 5.75 Å². The smallest absolute Gasteiger partial charge is 0.231 e. The second-order valence-corrected chi connectivity index (χ2v) is 11.2. The first kappa shape index (κ1) is 22.4. The van der Waals surface area contributed by atoms with Gasteiger partial charge >= 0.3 is 0 Å². The maximum Gasteiger partial charge on any atom is 0.231 e. The molecule has 3 aromatic rings. The van der Waals surface area contributed by atoms with Crippen molar-refractivity contribution in [3.05, 3.63) is 29.4 Å². The number of nitrogens with one attached hydrogen (secondary N) is 3. The standard InChI is InChI=1S/C21H26ClN6O3P/c1-4-23-19-18-15(22)12-24-20(18)27-21(26-19)25-16-6-5-14(11-17(16)31-3)32(30)9-7-28(8-10-32)13(2)29/h5-6,11-12H,4,7-10H2,1-3H3,(H3,23,24,25,26,27). The molecule has 0 aliphatic carbocycles. The van der Waals surface area contributed by atoms with Crippen molar-refractivity contribution in [2.45, 2.75) is 13.8 Å². The Morgan fingerprint density at radius 2 is 2.06 bits per heavy atom. The van der Waals surface area contributed by atoms with Gasteiger partial charge in [0.15, 0.2) is 0 Å². The number of rotatable bonds is 6. The fraction of sp³-hybridized carbons (Fsp3) is 0.381. The molecule has 4 rings (SSSR count). The van der Waals surface area contributed by atoms with Gasteiger partial charge in [0.1, 0.15) is 24.4 Å². The number of nitrogens with zero attached hydrogens (tertiary/aromatic N) is 3. The SMILES string of the molecule is CCNc1nc(Nc2ccc(P3(=O)CCN(C(C)=O)CC3)cc2OC)nc2[nH]cc(Cl)c12. The molecule has 0 radical (unpaired) electrons. The van der Waals surface area contributed by atoms with Crippen LogP contribution in [-0.2, 0) is 9.36 Å². The quantitative estimate of drug-likeness (QED) is 0.465. The predicted octanol–water partition coefficient (Wildman–Crippen LogP) is 3.65. The number of methoxy groups -OCH3 is 1. The van der Waals surface area contributed by atoms with Gasteiger partial charge in [0.05, 0.1) is 23.2 Å². The Balaban J connectivity index is 1.62. The molecule has 1 aliphatic rings. The third-order valence-electron chi connectivity index (χ3n) is 5.64. The third-order valence-corrected chi connectivity index (χ3v) is 9.00. The van der Waals surface area contributed by atoms with E-state index >= 15 is 0 Å². The number of hydrogen-bond donors (Lipinski definition) is 3. The molecule has 0 saturated carbocycles. The molecule has 0 bridgehead atoms. The number of ether oxygens (including phenoxy) is 1. The van der Waals surface area contributed by atoms with Crippen molar-refractivity contribution in [1.29, 1.82) is 0 Å². The molecule has 1 saturated heterocycles.